The number of aliphatic carboxylic acids is 1. The molecular weight excluding hydrogens is 252 g/mol. The zero-order chi connectivity index (χ0) is 13.8. The molecule has 0 spiro atoms. The van der Waals surface area contributed by atoms with E-state index in [1.54, 1.807) is 0 Å². The van der Waals surface area contributed by atoms with Gasteiger partial charge in [0.25, 0.3) is 0 Å². The Balaban J connectivity index is 2.61. The number of hydrogen-bond donors (Lipinski definition) is 2. The fraction of sp³-hybridized carbons (Fsp3) is 0.833. The molecule has 104 valence electrons. The lowest BCUT2D eigenvalue weighted by molar-refractivity contribution is -0.148. The van der Waals surface area contributed by atoms with Crippen molar-refractivity contribution in [2.45, 2.75) is 38.8 Å². The summed E-state index contributed by atoms with van der Waals surface area (Å²) in [5, 5.41) is 12.2. The van der Waals surface area contributed by atoms with Crippen molar-refractivity contribution in [3.63, 3.8) is 0 Å². The van der Waals surface area contributed by atoms with Crippen molar-refractivity contribution in [2.75, 3.05) is 24.6 Å². The van der Waals surface area contributed by atoms with E-state index in [0.717, 1.165) is 18.1 Å². The first-order chi connectivity index (χ1) is 8.30. The van der Waals surface area contributed by atoms with Gasteiger partial charge in [-0.1, -0.05) is 0 Å². The first kappa shape index (κ1) is 15.3. The number of rotatable bonds is 4. The molecule has 1 heterocycles. The normalized spacial score (nSPS) is 20.5. The maximum Gasteiger partial charge on any atom is 0.323 e. The molecule has 1 rings (SSSR count). The van der Waals surface area contributed by atoms with Gasteiger partial charge in [0.05, 0.1) is 0 Å². The number of carboxylic acids is 1. The Hall–Kier alpha value is -0.750. The highest BCUT2D eigenvalue weighted by Crippen LogP contribution is 2.17. The highest BCUT2D eigenvalue weighted by atomic mass is 32.2. The second-order valence-electron chi connectivity index (χ2n) is 5.47. The molecule has 1 fully saturated rings. The van der Waals surface area contributed by atoms with Gasteiger partial charge in [0.15, 0.2) is 0 Å². The molecule has 0 radical (unpaired) electrons. The lowest BCUT2D eigenvalue weighted by atomic mass is 10.0. The first-order valence-electron chi connectivity index (χ1n) is 6.14. The Labute approximate surface area is 112 Å². The van der Waals surface area contributed by atoms with Crippen LogP contribution in [-0.4, -0.2) is 58.1 Å². The molecule has 0 saturated carbocycles. The quantitative estimate of drug-likeness (QED) is 0.793. The Morgan fingerprint density at radius 2 is 2.11 bits per heavy atom. The summed E-state index contributed by atoms with van der Waals surface area (Å²) in [5.41, 5.74) is -0.461. The van der Waals surface area contributed by atoms with E-state index < -0.39 is 11.5 Å². The van der Waals surface area contributed by atoms with Crippen LogP contribution in [-0.2, 0) is 9.59 Å². The average molecular weight is 274 g/mol. The lowest BCUT2D eigenvalue weighted by Gasteiger charge is -2.36. The van der Waals surface area contributed by atoms with Crippen molar-refractivity contribution >= 4 is 23.6 Å². The Morgan fingerprint density at radius 1 is 1.44 bits per heavy atom. The van der Waals surface area contributed by atoms with Gasteiger partial charge in [-0.25, -0.2) is 0 Å². The molecule has 0 aromatic heterocycles. The third kappa shape index (κ3) is 4.86. The van der Waals surface area contributed by atoms with Crippen LogP contribution in [0.3, 0.4) is 0 Å². The van der Waals surface area contributed by atoms with Crippen molar-refractivity contribution in [3.8, 4) is 0 Å². The zero-order valence-corrected chi connectivity index (χ0v) is 12.0. The molecule has 18 heavy (non-hydrogen) atoms. The number of carbonyl (C=O) groups is 2. The molecule has 1 amide bonds. The highest BCUT2D eigenvalue weighted by molar-refractivity contribution is 7.99. The minimum Gasteiger partial charge on any atom is -0.480 e. The first-order valence-corrected chi connectivity index (χ1v) is 7.29. The summed E-state index contributed by atoms with van der Waals surface area (Å²) in [6.45, 7) is 6.25. The standard InChI is InChI=1S/C12H22N2O3S/c1-12(2,3)14(7-11(16)17)10(15)6-9-8-18-5-4-13-9/h9,13H,4-8H2,1-3H3,(H,16,17). The Morgan fingerprint density at radius 3 is 2.56 bits per heavy atom. The molecule has 1 aliphatic heterocycles. The van der Waals surface area contributed by atoms with Crippen LogP contribution in [0.4, 0.5) is 0 Å². The van der Waals surface area contributed by atoms with Gasteiger partial charge in [0, 0.05) is 36.1 Å². The van der Waals surface area contributed by atoms with E-state index in [0.29, 0.717) is 6.42 Å². The molecule has 2 N–H and O–H groups in total. The Bertz CT molecular complexity index is 309. The van der Waals surface area contributed by atoms with Crippen LogP contribution < -0.4 is 5.32 Å². The van der Waals surface area contributed by atoms with Gasteiger partial charge in [-0.05, 0) is 20.8 Å². The van der Waals surface area contributed by atoms with Gasteiger partial charge >= 0.3 is 5.97 Å². The topological polar surface area (TPSA) is 69.6 Å². The molecule has 0 aliphatic carbocycles. The molecule has 1 saturated heterocycles. The predicted octanol–water partition coefficient (Wildman–Crippen LogP) is 0.793. The highest BCUT2D eigenvalue weighted by Gasteiger charge is 2.30. The van der Waals surface area contributed by atoms with Crippen molar-refractivity contribution in [1.82, 2.24) is 10.2 Å². The van der Waals surface area contributed by atoms with Crippen molar-refractivity contribution in [2.24, 2.45) is 0 Å². The number of hydrogen-bond acceptors (Lipinski definition) is 4. The van der Waals surface area contributed by atoms with Crippen molar-refractivity contribution in [1.29, 1.82) is 0 Å². The number of carboxylic acid groups (broad SMARTS) is 1. The van der Waals surface area contributed by atoms with Gasteiger partial charge in [0.2, 0.25) is 5.91 Å². The summed E-state index contributed by atoms with van der Waals surface area (Å²) in [6.07, 6.45) is 0.373. The van der Waals surface area contributed by atoms with Crippen LogP contribution >= 0.6 is 11.8 Å². The van der Waals surface area contributed by atoms with Crippen LogP contribution in [0.5, 0.6) is 0 Å². The van der Waals surface area contributed by atoms with E-state index in [-0.39, 0.29) is 18.5 Å². The molecule has 5 nitrogen and oxygen atoms in total. The van der Waals surface area contributed by atoms with E-state index in [1.807, 2.05) is 32.5 Å². The maximum atomic E-state index is 12.2. The molecular formula is C12H22N2O3S. The largest absolute Gasteiger partial charge is 0.480 e. The van der Waals surface area contributed by atoms with Crippen LogP contribution in [0.25, 0.3) is 0 Å². The monoisotopic (exact) mass is 274 g/mol. The van der Waals surface area contributed by atoms with Crippen LogP contribution in [0.2, 0.25) is 0 Å². The smallest absolute Gasteiger partial charge is 0.323 e. The molecule has 0 bridgehead atoms. The second kappa shape index (κ2) is 6.43. The number of nitrogens with one attached hydrogen (secondary N) is 1. The molecule has 0 aromatic carbocycles. The van der Waals surface area contributed by atoms with Gasteiger partial charge in [0.1, 0.15) is 6.54 Å². The fourth-order valence-corrected chi connectivity index (χ4v) is 2.86. The van der Waals surface area contributed by atoms with Crippen LogP contribution in [0.1, 0.15) is 27.2 Å². The van der Waals surface area contributed by atoms with E-state index in [9.17, 15) is 9.59 Å². The third-order valence-electron chi connectivity index (χ3n) is 2.82. The summed E-state index contributed by atoms with van der Waals surface area (Å²) in [7, 11) is 0. The van der Waals surface area contributed by atoms with E-state index in [4.69, 9.17) is 5.11 Å². The average Bonchev–Trinajstić information content (AvgIpc) is 2.25. The second-order valence-corrected chi connectivity index (χ2v) is 6.62. The fourth-order valence-electron chi connectivity index (χ4n) is 1.91. The van der Waals surface area contributed by atoms with Gasteiger partial charge in [-0.3, -0.25) is 9.59 Å². The number of amides is 1. The maximum absolute atomic E-state index is 12.2. The number of carbonyl (C=O) groups excluding carboxylic acids is 1. The summed E-state index contributed by atoms with van der Waals surface area (Å²) in [5.74, 6) is 0.925. The minimum absolute atomic E-state index is 0.0927. The molecule has 1 aliphatic rings. The summed E-state index contributed by atoms with van der Waals surface area (Å²) < 4.78 is 0. The molecule has 6 heteroatoms. The van der Waals surface area contributed by atoms with Gasteiger partial charge in [-0.15, -0.1) is 0 Å². The third-order valence-corrected chi connectivity index (χ3v) is 3.95. The number of thioether (sulfide) groups is 1. The minimum atomic E-state index is -0.968. The van der Waals surface area contributed by atoms with Crippen LogP contribution in [0.15, 0.2) is 0 Å². The predicted molar refractivity (Wildman–Crippen MR) is 72.8 cm³/mol. The zero-order valence-electron chi connectivity index (χ0n) is 11.2. The lowest BCUT2D eigenvalue weighted by Crippen LogP contribution is -2.51. The van der Waals surface area contributed by atoms with Crippen LogP contribution in [0, 0.1) is 0 Å². The van der Waals surface area contributed by atoms with Gasteiger partial charge in [-0.2, -0.15) is 11.8 Å². The van der Waals surface area contributed by atoms with Gasteiger partial charge < -0.3 is 15.3 Å². The van der Waals surface area contributed by atoms with Crippen molar-refractivity contribution in [3.05, 3.63) is 0 Å². The summed E-state index contributed by atoms with van der Waals surface area (Å²) in [6, 6.07) is 0.162. The number of nitrogens with zero attached hydrogens (tertiary/aromatic N) is 1. The molecule has 0 aromatic rings. The molecule has 1 unspecified atom stereocenters. The Kier molecular flexibility index (Phi) is 5.47. The molecule has 1 atom stereocenters. The summed E-state index contributed by atoms with van der Waals surface area (Å²) in [4.78, 5) is 24.5. The van der Waals surface area contributed by atoms with E-state index in [2.05, 4.69) is 5.32 Å². The SMILES string of the molecule is CC(C)(C)N(CC(=O)O)C(=O)CC1CSCCN1. The van der Waals surface area contributed by atoms with E-state index in [1.165, 1.54) is 4.90 Å². The van der Waals surface area contributed by atoms with E-state index >= 15 is 0 Å². The van der Waals surface area contributed by atoms with Crippen molar-refractivity contribution < 1.29 is 14.7 Å². The summed E-state index contributed by atoms with van der Waals surface area (Å²) >= 11 is 1.83.